The number of nitro benzene ring substituents is 1. The lowest BCUT2D eigenvalue weighted by molar-refractivity contribution is -0.385. The molecule has 1 aliphatic rings. The third-order valence-corrected chi connectivity index (χ3v) is 3.81. The fourth-order valence-electron chi connectivity index (χ4n) is 2.63. The van der Waals surface area contributed by atoms with Crippen LogP contribution in [0.4, 0.5) is 11.4 Å². The van der Waals surface area contributed by atoms with Crippen molar-refractivity contribution in [2.45, 2.75) is 25.3 Å². The zero-order chi connectivity index (χ0) is 15.4. The molecule has 1 unspecified atom stereocenters. The molecule has 7 heteroatoms. The molecule has 1 heterocycles. The summed E-state index contributed by atoms with van der Waals surface area (Å²) in [5.74, 6) is -0.391. The van der Waals surface area contributed by atoms with Crippen LogP contribution in [0.15, 0.2) is 18.2 Å². The first-order valence-electron chi connectivity index (χ1n) is 6.96. The molecule has 1 saturated heterocycles. The molecule has 114 valence electrons. The number of nitro groups is 1. The predicted octanol–water partition coefficient (Wildman–Crippen LogP) is 1.62. The molecule has 0 radical (unpaired) electrons. The molecule has 21 heavy (non-hydrogen) atoms. The molecule has 2 rings (SSSR count). The second-order valence-electron chi connectivity index (χ2n) is 5.07. The van der Waals surface area contributed by atoms with Crippen molar-refractivity contribution in [2.24, 2.45) is 0 Å². The molecule has 1 aromatic rings. The van der Waals surface area contributed by atoms with Crippen molar-refractivity contribution in [1.82, 2.24) is 4.90 Å². The Morgan fingerprint density at radius 3 is 2.90 bits per heavy atom. The van der Waals surface area contributed by atoms with Gasteiger partial charge in [0.05, 0.1) is 17.6 Å². The predicted molar refractivity (Wildman–Crippen MR) is 78.4 cm³/mol. The number of benzene rings is 1. The van der Waals surface area contributed by atoms with Crippen molar-refractivity contribution >= 4 is 17.3 Å². The van der Waals surface area contributed by atoms with Gasteiger partial charge in [-0.1, -0.05) is 0 Å². The molecule has 7 nitrogen and oxygen atoms in total. The lowest BCUT2D eigenvalue weighted by Gasteiger charge is -2.34. The molecular weight excluding hydrogens is 274 g/mol. The van der Waals surface area contributed by atoms with Crippen LogP contribution in [0, 0.1) is 10.1 Å². The van der Waals surface area contributed by atoms with Crippen LogP contribution in [0.5, 0.6) is 0 Å². The maximum atomic E-state index is 12.6. The van der Waals surface area contributed by atoms with Gasteiger partial charge < -0.3 is 15.3 Å². The Morgan fingerprint density at radius 2 is 2.29 bits per heavy atom. The van der Waals surface area contributed by atoms with Crippen molar-refractivity contribution in [3.8, 4) is 0 Å². The van der Waals surface area contributed by atoms with Gasteiger partial charge in [0.2, 0.25) is 0 Å². The summed E-state index contributed by atoms with van der Waals surface area (Å²) in [4.78, 5) is 24.8. The van der Waals surface area contributed by atoms with Gasteiger partial charge in [-0.3, -0.25) is 14.9 Å². The highest BCUT2D eigenvalue weighted by molar-refractivity contribution is 5.99. The summed E-state index contributed by atoms with van der Waals surface area (Å²) in [6, 6.07) is 4.12. The van der Waals surface area contributed by atoms with Gasteiger partial charge in [0.1, 0.15) is 5.56 Å². The number of hydrogen-bond acceptors (Lipinski definition) is 5. The number of anilines is 1. The zero-order valence-electron chi connectivity index (χ0n) is 11.9. The summed E-state index contributed by atoms with van der Waals surface area (Å²) in [6.07, 6.45) is 2.52. The summed E-state index contributed by atoms with van der Waals surface area (Å²) in [7, 11) is 1.69. The molecule has 1 aliphatic heterocycles. The number of nitrogens with one attached hydrogen (secondary N) is 1. The van der Waals surface area contributed by atoms with E-state index in [1.807, 2.05) is 0 Å². The molecule has 1 fully saturated rings. The molecule has 0 aliphatic carbocycles. The van der Waals surface area contributed by atoms with E-state index in [0.29, 0.717) is 12.2 Å². The summed E-state index contributed by atoms with van der Waals surface area (Å²) in [5, 5.41) is 23.4. The molecule has 0 bridgehead atoms. The standard InChI is InChI=1S/C14H19N3O4/c1-15-10-5-6-13(17(20)21)12(8-10)14(19)16-7-3-2-4-11(16)9-18/h5-6,8,11,15,18H,2-4,7,9H2,1H3. The number of aliphatic hydroxyl groups excluding tert-OH is 1. The summed E-state index contributed by atoms with van der Waals surface area (Å²) >= 11 is 0. The van der Waals surface area contributed by atoms with E-state index in [1.165, 1.54) is 12.1 Å². The van der Waals surface area contributed by atoms with Crippen LogP contribution in [-0.4, -0.2) is 47.1 Å². The smallest absolute Gasteiger partial charge is 0.282 e. The fourth-order valence-corrected chi connectivity index (χ4v) is 2.63. The van der Waals surface area contributed by atoms with Crippen LogP contribution >= 0.6 is 0 Å². The second kappa shape index (κ2) is 6.53. The molecular formula is C14H19N3O4. The monoisotopic (exact) mass is 293 g/mol. The lowest BCUT2D eigenvalue weighted by Crippen LogP contribution is -2.45. The van der Waals surface area contributed by atoms with Gasteiger partial charge in [-0.15, -0.1) is 0 Å². The fraction of sp³-hybridized carbons (Fsp3) is 0.500. The number of carbonyl (C=O) groups is 1. The maximum Gasteiger partial charge on any atom is 0.282 e. The molecule has 1 amide bonds. The Bertz CT molecular complexity index is 547. The highest BCUT2D eigenvalue weighted by atomic mass is 16.6. The average molecular weight is 293 g/mol. The minimum atomic E-state index is -0.551. The van der Waals surface area contributed by atoms with Gasteiger partial charge in [0, 0.05) is 25.3 Å². The third-order valence-electron chi connectivity index (χ3n) is 3.81. The Kier molecular flexibility index (Phi) is 4.74. The Balaban J connectivity index is 2.38. The van der Waals surface area contributed by atoms with E-state index in [-0.39, 0.29) is 23.9 Å². The van der Waals surface area contributed by atoms with Crippen LogP contribution in [0.3, 0.4) is 0 Å². The molecule has 0 spiro atoms. The third kappa shape index (κ3) is 3.13. The lowest BCUT2D eigenvalue weighted by atomic mass is 10.0. The number of likely N-dealkylation sites (tertiary alicyclic amines) is 1. The van der Waals surface area contributed by atoms with Crippen molar-refractivity contribution < 1.29 is 14.8 Å². The Hall–Kier alpha value is -2.15. The highest BCUT2D eigenvalue weighted by Crippen LogP contribution is 2.27. The minimum Gasteiger partial charge on any atom is -0.394 e. The van der Waals surface area contributed by atoms with Crippen molar-refractivity contribution in [3.05, 3.63) is 33.9 Å². The van der Waals surface area contributed by atoms with Crippen LogP contribution in [0.1, 0.15) is 29.6 Å². The summed E-state index contributed by atoms with van der Waals surface area (Å²) in [5.41, 5.74) is 0.495. The first kappa shape index (κ1) is 15.2. The van der Waals surface area contributed by atoms with Crippen LogP contribution in [-0.2, 0) is 0 Å². The van der Waals surface area contributed by atoms with E-state index in [4.69, 9.17) is 0 Å². The van der Waals surface area contributed by atoms with Gasteiger partial charge in [-0.05, 0) is 31.4 Å². The van der Waals surface area contributed by atoms with Crippen molar-refractivity contribution in [2.75, 3.05) is 25.5 Å². The number of aliphatic hydroxyl groups is 1. The number of piperidine rings is 1. The van der Waals surface area contributed by atoms with Gasteiger partial charge in [-0.25, -0.2) is 0 Å². The Labute approximate surface area is 122 Å². The van der Waals surface area contributed by atoms with Gasteiger partial charge in [0.25, 0.3) is 11.6 Å². The van der Waals surface area contributed by atoms with E-state index in [2.05, 4.69) is 5.32 Å². The number of hydrogen-bond donors (Lipinski definition) is 2. The average Bonchev–Trinajstić information content (AvgIpc) is 2.53. The molecule has 1 aromatic carbocycles. The molecule has 0 aromatic heterocycles. The zero-order valence-corrected chi connectivity index (χ0v) is 11.9. The van der Waals surface area contributed by atoms with E-state index >= 15 is 0 Å². The van der Waals surface area contributed by atoms with E-state index < -0.39 is 10.8 Å². The number of rotatable bonds is 4. The quantitative estimate of drug-likeness (QED) is 0.649. The van der Waals surface area contributed by atoms with Crippen LogP contribution < -0.4 is 5.32 Å². The van der Waals surface area contributed by atoms with Crippen LogP contribution in [0.2, 0.25) is 0 Å². The van der Waals surface area contributed by atoms with Crippen molar-refractivity contribution in [3.63, 3.8) is 0 Å². The van der Waals surface area contributed by atoms with Gasteiger partial charge in [0.15, 0.2) is 0 Å². The molecule has 2 N–H and O–H groups in total. The first-order valence-corrected chi connectivity index (χ1v) is 6.96. The number of nitrogens with zero attached hydrogens (tertiary/aromatic N) is 2. The van der Waals surface area contributed by atoms with Gasteiger partial charge >= 0.3 is 0 Å². The van der Waals surface area contributed by atoms with E-state index in [9.17, 15) is 20.0 Å². The van der Waals surface area contributed by atoms with E-state index in [0.717, 1.165) is 19.3 Å². The molecule has 0 saturated carbocycles. The van der Waals surface area contributed by atoms with Gasteiger partial charge in [-0.2, -0.15) is 0 Å². The minimum absolute atomic E-state index is 0.0622. The number of carbonyl (C=O) groups excluding carboxylic acids is 1. The summed E-state index contributed by atoms with van der Waals surface area (Å²) < 4.78 is 0. The highest BCUT2D eigenvalue weighted by Gasteiger charge is 2.31. The normalized spacial score (nSPS) is 18.4. The SMILES string of the molecule is CNc1ccc([N+](=O)[O-])c(C(=O)N2CCCCC2CO)c1. The van der Waals surface area contributed by atoms with Crippen molar-refractivity contribution in [1.29, 1.82) is 0 Å². The number of amides is 1. The Morgan fingerprint density at radius 1 is 1.52 bits per heavy atom. The first-order chi connectivity index (χ1) is 10.1. The maximum absolute atomic E-state index is 12.6. The van der Waals surface area contributed by atoms with Crippen LogP contribution in [0.25, 0.3) is 0 Å². The topological polar surface area (TPSA) is 95.7 Å². The van der Waals surface area contributed by atoms with E-state index in [1.54, 1.807) is 18.0 Å². The summed E-state index contributed by atoms with van der Waals surface area (Å²) in [6.45, 7) is 0.399. The second-order valence-corrected chi connectivity index (χ2v) is 5.07. The molecule has 1 atom stereocenters. The largest absolute Gasteiger partial charge is 0.394 e.